The molecule has 0 aliphatic carbocycles. The van der Waals surface area contributed by atoms with Crippen molar-refractivity contribution >= 4 is 0 Å². The lowest BCUT2D eigenvalue weighted by Gasteiger charge is -2.09. The summed E-state index contributed by atoms with van der Waals surface area (Å²) in [5.74, 6) is 1.53. The lowest BCUT2D eigenvalue weighted by Crippen LogP contribution is -2.19. The number of hydrogen-bond acceptors (Lipinski definition) is 4. The van der Waals surface area contributed by atoms with Crippen LogP contribution in [0.1, 0.15) is 12.0 Å². The van der Waals surface area contributed by atoms with E-state index in [0.717, 1.165) is 30.9 Å². The highest BCUT2D eigenvalue weighted by atomic mass is 16.5. The van der Waals surface area contributed by atoms with Crippen LogP contribution in [0.4, 0.5) is 0 Å². The summed E-state index contributed by atoms with van der Waals surface area (Å²) in [6.07, 6.45) is 2.02. The molecule has 0 aromatic heterocycles. The number of methoxy groups -OCH3 is 2. The van der Waals surface area contributed by atoms with Gasteiger partial charge in [-0.3, -0.25) is 0 Å². The molecule has 0 heterocycles. The Balaban J connectivity index is 2.43. The summed E-state index contributed by atoms with van der Waals surface area (Å²) in [6, 6.07) is 5.98. The van der Waals surface area contributed by atoms with Crippen LogP contribution in [0.25, 0.3) is 0 Å². The van der Waals surface area contributed by atoms with E-state index in [1.165, 1.54) is 5.56 Å². The van der Waals surface area contributed by atoms with E-state index in [2.05, 4.69) is 5.32 Å². The molecule has 0 fully saturated rings. The van der Waals surface area contributed by atoms with Gasteiger partial charge in [-0.1, -0.05) is 6.07 Å². The summed E-state index contributed by atoms with van der Waals surface area (Å²) < 4.78 is 10.4. The third-order valence-electron chi connectivity index (χ3n) is 2.56. The average molecular weight is 239 g/mol. The van der Waals surface area contributed by atoms with Gasteiger partial charge < -0.3 is 19.9 Å². The van der Waals surface area contributed by atoms with Crippen LogP contribution in [0.15, 0.2) is 18.2 Å². The lowest BCUT2D eigenvalue weighted by atomic mass is 10.1. The van der Waals surface area contributed by atoms with Crippen LogP contribution in [-0.2, 0) is 6.42 Å². The average Bonchev–Trinajstić information content (AvgIpc) is 2.38. The largest absolute Gasteiger partial charge is 0.493 e. The molecule has 0 bridgehead atoms. The van der Waals surface area contributed by atoms with E-state index in [0.29, 0.717) is 6.54 Å². The molecule has 0 aliphatic rings. The normalized spacial score (nSPS) is 10.3. The Morgan fingerprint density at radius 2 is 1.88 bits per heavy atom. The van der Waals surface area contributed by atoms with Gasteiger partial charge in [-0.25, -0.2) is 0 Å². The first kappa shape index (κ1) is 13.8. The topological polar surface area (TPSA) is 50.7 Å². The summed E-state index contributed by atoms with van der Waals surface area (Å²) >= 11 is 0. The van der Waals surface area contributed by atoms with Gasteiger partial charge in [0, 0.05) is 6.54 Å². The van der Waals surface area contributed by atoms with Gasteiger partial charge in [0.05, 0.1) is 20.8 Å². The van der Waals surface area contributed by atoms with Gasteiger partial charge >= 0.3 is 0 Å². The van der Waals surface area contributed by atoms with Crippen LogP contribution >= 0.6 is 0 Å². The first-order chi connectivity index (χ1) is 8.31. The van der Waals surface area contributed by atoms with Crippen molar-refractivity contribution in [1.29, 1.82) is 0 Å². The smallest absolute Gasteiger partial charge is 0.160 e. The van der Waals surface area contributed by atoms with Gasteiger partial charge in [0.15, 0.2) is 11.5 Å². The monoisotopic (exact) mass is 239 g/mol. The van der Waals surface area contributed by atoms with Crippen molar-refractivity contribution in [3.63, 3.8) is 0 Å². The maximum atomic E-state index is 8.62. The molecule has 1 rings (SSSR count). The molecule has 1 aromatic rings. The van der Waals surface area contributed by atoms with Crippen molar-refractivity contribution in [1.82, 2.24) is 5.32 Å². The van der Waals surface area contributed by atoms with Crippen LogP contribution in [-0.4, -0.2) is 39.0 Å². The summed E-state index contributed by atoms with van der Waals surface area (Å²) in [5, 5.41) is 11.8. The minimum Gasteiger partial charge on any atom is -0.493 e. The fourth-order valence-corrected chi connectivity index (χ4v) is 1.66. The maximum Gasteiger partial charge on any atom is 0.160 e. The predicted octanol–water partition coefficient (Wildman–Crippen LogP) is 1.22. The van der Waals surface area contributed by atoms with Crippen molar-refractivity contribution in [2.24, 2.45) is 0 Å². The fourth-order valence-electron chi connectivity index (χ4n) is 1.66. The second kappa shape index (κ2) is 7.92. The quantitative estimate of drug-likeness (QED) is 0.670. The number of aliphatic hydroxyl groups excluding tert-OH is 1. The van der Waals surface area contributed by atoms with Crippen LogP contribution in [0.3, 0.4) is 0 Å². The summed E-state index contributed by atoms with van der Waals surface area (Å²) in [7, 11) is 3.28. The Morgan fingerprint density at radius 1 is 1.12 bits per heavy atom. The van der Waals surface area contributed by atoms with Crippen LogP contribution in [0.5, 0.6) is 11.5 Å². The molecule has 0 radical (unpaired) electrons. The van der Waals surface area contributed by atoms with Gasteiger partial charge in [0.2, 0.25) is 0 Å². The molecular weight excluding hydrogens is 218 g/mol. The number of aryl methyl sites for hydroxylation is 1. The van der Waals surface area contributed by atoms with E-state index >= 15 is 0 Å². The van der Waals surface area contributed by atoms with Crippen molar-refractivity contribution in [3.05, 3.63) is 23.8 Å². The number of benzene rings is 1. The van der Waals surface area contributed by atoms with Crippen molar-refractivity contribution in [2.75, 3.05) is 33.9 Å². The Hall–Kier alpha value is -1.26. The molecule has 1 aromatic carbocycles. The highest BCUT2D eigenvalue weighted by molar-refractivity contribution is 5.42. The standard InChI is InChI=1S/C13H21NO3/c1-16-12-6-5-11(10-13(12)17-2)4-3-7-14-8-9-15/h5-6,10,14-15H,3-4,7-9H2,1-2H3. The Bertz CT molecular complexity index is 328. The van der Waals surface area contributed by atoms with Gasteiger partial charge in [-0.15, -0.1) is 0 Å². The molecule has 0 spiro atoms. The van der Waals surface area contributed by atoms with Gasteiger partial charge in [-0.2, -0.15) is 0 Å². The van der Waals surface area contributed by atoms with Crippen LogP contribution in [0, 0.1) is 0 Å². The minimum atomic E-state index is 0.191. The summed E-state index contributed by atoms with van der Waals surface area (Å²) in [6.45, 7) is 1.76. The zero-order valence-corrected chi connectivity index (χ0v) is 10.5. The highest BCUT2D eigenvalue weighted by Crippen LogP contribution is 2.27. The second-order valence-electron chi connectivity index (χ2n) is 3.77. The zero-order valence-electron chi connectivity index (χ0n) is 10.5. The molecule has 17 heavy (non-hydrogen) atoms. The molecule has 0 aliphatic heterocycles. The van der Waals surface area contributed by atoms with Gasteiger partial charge in [-0.05, 0) is 37.1 Å². The lowest BCUT2D eigenvalue weighted by molar-refractivity contribution is 0.292. The molecule has 0 unspecified atom stereocenters. The molecule has 96 valence electrons. The molecule has 0 atom stereocenters. The van der Waals surface area contributed by atoms with Crippen LogP contribution in [0.2, 0.25) is 0 Å². The molecule has 2 N–H and O–H groups in total. The first-order valence-electron chi connectivity index (χ1n) is 5.84. The number of rotatable bonds is 8. The van der Waals surface area contributed by atoms with Crippen molar-refractivity contribution < 1.29 is 14.6 Å². The highest BCUT2D eigenvalue weighted by Gasteiger charge is 2.03. The molecule has 0 saturated heterocycles. The van der Waals surface area contributed by atoms with E-state index in [9.17, 15) is 0 Å². The SMILES string of the molecule is COc1ccc(CCCNCCO)cc1OC. The zero-order chi connectivity index (χ0) is 12.5. The Labute approximate surface area is 103 Å². The minimum absolute atomic E-state index is 0.191. The maximum absolute atomic E-state index is 8.62. The third-order valence-corrected chi connectivity index (χ3v) is 2.56. The molecule has 4 heteroatoms. The molecule has 0 amide bonds. The third kappa shape index (κ3) is 4.63. The number of ether oxygens (including phenoxy) is 2. The molecular formula is C13H21NO3. The number of nitrogens with one attached hydrogen (secondary N) is 1. The molecule has 0 saturated carbocycles. The first-order valence-corrected chi connectivity index (χ1v) is 5.84. The van der Waals surface area contributed by atoms with E-state index in [1.807, 2.05) is 18.2 Å². The Kier molecular flexibility index (Phi) is 6.43. The Morgan fingerprint density at radius 3 is 2.53 bits per heavy atom. The van der Waals surface area contributed by atoms with Crippen molar-refractivity contribution in [2.45, 2.75) is 12.8 Å². The van der Waals surface area contributed by atoms with E-state index in [4.69, 9.17) is 14.6 Å². The van der Waals surface area contributed by atoms with E-state index in [-0.39, 0.29) is 6.61 Å². The predicted molar refractivity (Wildman–Crippen MR) is 67.8 cm³/mol. The number of hydrogen-bond donors (Lipinski definition) is 2. The number of aliphatic hydroxyl groups is 1. The summed E-state index contributed by atoms with van der Waals surface area (Å²) in [4.78, 5) is 0. The van der Waals surface area contributed by atoms with Crippen molar-refractivity contribution in [3.8, 4) is 11.5 Å². The summed E-state index contributed by atoms with van der Waals surface area (Å²) in [5.41, 5.74) is 1.23. The molecule has 4 nitrogen and oxygen atoms in total. The fraction of sp³-hybridized carbons (Fsp3) is 0.538. The van der Waals surface area contributed by atoms with E-state index < -0.39 is 0 Å². The van der Waals surface area contributed by atoms with E-state index in [1.54, 1.807) is 14.2 Å². The second-order valence-corrected chi connectivity index (χ2v) is 3.77. The van der Waals surface area contributed by atoms with Gasteiger partial charge in [0.1, 0.15) is 0 Å². The van der Waals surface area contributed by atoms with Gasteiger partial charge in [0.25, 0.3) is 0 Å². The van der Waals surface area contributed by atoms with Crippen LogP contribution < -0.4 is 14.8 Å².